The summed E-state index contributed by atoms with van der Waals surface area (Å²) in [7, 11) is 1.64. The molecular formula is C14H11NO3. The Balaban J connectivity index is 2.21. The average Bonchev–Trinajstić information content (AvgIpc) is 3.01. The Kier molecular flexibility index (Phi) is 1.78. The quantitative estimate of drug-likeness (QED) is 0.712. The standard InChI is InChI=1S/C14H11NO3/c1-16-11-6-9-8-4-2-3-5-10(8)15-12(9)14-13(11)17-7-18-14/h2-6,15H,7H2,1H3. The van der Waals surface area contributed by atoms with Crippen LogP contribution in [0.25, 0.3) is 21.8 Å². The van der Waals surface area contributed by atoms with Gasteiger partial charge in [0.2, 0.25) is 12.5 Å². The normalized spacial score (nSPS) is 13.4. The van der Waals surface area contributed by atoms with E-state index in [0.717, 1.165) is 27.6 Å². The first-order valence-corrected chi connectivity index (χ1v) is 5.75. The van der Waals surface area contributed by atoms with Crippen molar-refractivity contribution < 1.29 is 14.2 Å². The highest BCUT2D eigenvalue weighted by Crippen LogP contribution is 2.47. The second-order valence-corrected chi connectivity index (χ2v) is 4.24. The van der Waals surface area contributed by atoms with Gasteiger partial charge in [0.1, 0.15) is 0 Å². The van der Waals surface area contributed by atoms with E-state index in [1.807, 2.05) is 24.3 Å². The number of ether oxygens (including phenoxy) is 3. The maximum Gasteiger partial charge on any atom is 0.231 e. The van der Waals surface area contributed by atoms with Crippen LogP contribution in [0.2, 0.25) is 0 Å². The number of H-pyrrole nitrogens is 1. The van der Waals surface area contributed by atoms with Gasteiger partial charge < -0.3 is 19.2 Å². The second kappa shape index (κ2) is 3.32. The zero-order valence-corrected chi connectivity index (χ0v) is 9.82. The fraction of sp³-hybridized carbons (Fsp3) is 0.143. The van der Waals surface area contributed by atoms with Crippen molar-refractivity contribution >= 4 is 21.8 Å². The van der Waals surface area contributed by atoms with E-state index >= 15 is 0 Å². The topological polar surface area (TPSA) is 43.5 Å². The van der Waals surface area contributed by atoms with Crippen molar-refractivity contribution in [3.8, 4) is 17.2 Å². The van der Waals surface area contributed by atoms with Crippen molar-refractivity contribution in [1.82, 2.24) is 4.98 Å². The summed E-state index contributed by atoms with van der Waals surface area (Å²) < 4.78 is 16.4. The van der Waals surface area contributed by atoms with Gasteiger partial charge in [0.25, 0.3) is 0 Å². The van der Waals surface area contributed by atoms with Crippen molar-refractivity contribution in [1.29, 1.82) is 0 Å². The summed E-state index contributed by atoms with van der Waals surface area (Å²) >= 11 is 0. The maximum absolute atomic E-state index is 5.55. The third-order valence-corrected chi connectivity index (χ3v) is 3.31. The van der Waals surface area contributed by atoms with Gasteiger partial charge in [-0.2, -0.15) is 0 Å². The molecule has 0 amide bonds. The van der Waals surface area contributed by atoms with Crippen molar-refractivity contribution in [2.75, 3.05) is 13.9 Å². The molecule has 0 saturated carbocycles. The highest BCUT2D eigenvalue weighted by atomic mass is 16.7. The minimum atomic E-state index is 0.236. The van der Waals surface area contributed by atoms with Gasteiger partial charge in [0.05, 0.1) is 12.6 Å². The Morgan fingerprint density at radius 1 is 1.11 bits per heavy atom. The summed E-state index contributed by atoms with van der Waals surface area (Å²) in [6.45, 7) is 0.236. The molecule has 0 unspecified atom stereocenters. The zero-order chi connectivity index (χ0) is 12.1. The van der Waals surface area contributed by atoms with E-state index in [9.17, 15) is 0 Å². The predicted molar refractivity (Wildman–Crippen MR) is 68.5 cm³/mol. The van der Waals surface area contributed by atoms with Gasteiger partial charge in [-0.1, -0.05) is 18.2 Å². The molecule has 4 nitrogen and oxygen atoms in total. The van der Waals surface area contributed by atoms with Crippen molar-refractivity contribution in [3.63, 3.8) is 0 Å². The minimum Gasteiger partial charge on any atom is -0.493 e. The highest BCUT2D eigenvalue weighted by Gasteiger charge is 2.24. The molecule has 0 saturated heterocycles. The van der Waals surface area contributed by atoms with Crippen molar-refractivity contribution in [3.05, 3.63) is 30.3 Å². The molecule has 0 atom stereocenters. The first-order valence-electron chi connectivity index (χ1n) is 5.75. The number of nitrogens with one attached hydrogen (secondary N) is 1. The van der Waals surface area contributed by atoms with Crippen molar-refractivity contribution in [2.24, 2.45) is 0 Å². The van der Waals surface area contributed by atoms with Gasteiger partial charge in [-0.3, -0.25) is 0 Å². The molecule has 1 aliphatic heterocycles. The van der Waals surface area contributed by atoms with Gasteiger partial charge in [0, 0.05) is 16.3 Å². The van der Waals surface area contributed by atoms with Gasteiger partial charge in [-0.25, -0.2) is 0 Å². The molecule has 0 bridgehead atoms. The molecule has 4 rings (SSSR count). The molecule has 1 aromatic heterocycles. The maximum atomic E-state index is 5.55. The van der Waals surface area contributed by atoms with E-state index in [2.05, 4.69) is 11.1 Å². The van der Waals surface area contributed by atoms with E-state index in [1.165, 1.54) is 0 Å². The molecule has 90 valence electrons. The largest absolute Gasteiger partial charge is 0.493 e. The lowest BCUT2D eigenvalue weighted by molar-refractivity contribution is 0.172. The van der Waals surface area contributed by atoms with Crippen LogP contribution >= 0.6 is 0 Å². The van der Waals surface area contributed by atoms with E-state index in [1.54, 1.807) is 7.11 Å². The van der Waals surface area contributed by atoms with Crippen molar-refractivity contribution in [2.45, 2.75) is 0 Å². The van der Waals surface area contributed by atoms with Crippen LogP contribution in [-0.2, 0) is 0 Å². The van der Waals surface area contributed by atoms with E-state index in [4.69, 9.17) is 14.2 Å². The van der Waals surface area contributed by atoms with Gasteiger partial charge in [0.15, 0.2) is 11.5 Å². The van der Waals surface area contributed by atoms with Crippen LogP contribution in [0.4, 0.5) is 0 Å². The Morgan fingerprint density at radius 3 is 2.83 bits per heavy atom. The SMILES string of the molecule is COc1cc2c([nH]c3ccccc32)c2c1OCO2. The molecule has 0 fully saturated rings. The van der Waals surface area contributed by atoms with Crippen LogP contribution in [0.5, 0.6) is 17.2 Å². The lowest BCUT2D eigenvalue weighted by Crippen LogP contribution is -1.93. The Hall–Kier alpha value is -2.36. The Labute approximate surface area is 103 Å². The molecule has 2 aromatic carbocycles. The van der Waals surface area contributed by atoms with Gasteiger partial charge in [-0.05, 0) is 12.1 Å². The monoisotopic (exact) mass is 241 g/mol. The summed E-state index contributed by atoms with van der Waals surface area (Å²) in [5, 5.41) is 2.25. The highest BCUT2D eigenvalue weighted by molar-refractivity contribution is 6.10. The number of methoxy groups -OCH3 is 1. The Morgan fingerprint density at radius 2 is 1.94 bits per heavy atom. The van der Waals surface area contributed by atoms with Crippen LogP contribution < -0.4 is 14.2 Å². The van der Waals surface area contributed by atoms with E-state index < -0.39 is 0 Å². The molecular weight excluding hydrogens is 230 g/mol. The van der Waals surface area contributed by atoms with Crippen LogP contribution in [0.15, 0.2) is 30.3 Å². The number of aromatic amines is 1. The minimum absolute atomic E-state index is 0.236. The third kappa shape index (κ3) is 1.09. The van der Waals surface area contributed by atoms with E-state index in [0.29, 0.717) is 11.5 Å². The lowest BCUT2D eigenvalue weighted by Gasteiger charge is -2.05. The molecule has 0 aliphatic carbocycles. The molecule has 3 aromatic rings. The number of hydrogen-bond acceptors (Lipinski definition) is 3. The third-order valence-electron chi connectivity index (χ3n) is 3.31. The summed E-state index contributed by atoms with van der Waals surface area (Å²) in [6, 6.07) is 10.1. The van der Waals surface area contributed by atoms with E-state index in [-0.39, 0.29) is 6.79 Å². The van der Waals surface area contributed by atoms with Crippen LogP contribution in [0.3, 0.4) is 0 Å². The number of para-hydroxylation sites is 1. The molecule has 0 radical (unpaired) electrons. The van der Waals surface area contributed by atoms with Gasteiger partial charge >= 0.3 is 0 Å². The first kappa shape index (κ1) is 9.65. The molecule has 0 spiro atoms. The number of hydrogen-bond donors (Lipinski definition) is 1. The average molecular weight is 241 g/mol. The molecule has 1 aliphatic rings. The number of benzene rings is 2. The predicted octanol–water partition coefficient (Wildman–Crippen LogP) is 3.06. The zero-order valence-electron chi connectivity index (χ0n) is 9.82. The number of fused-ring (bicyclic) bond motifs is 5. The Bertz CT molecular complexity index is 760. The smallest absolute Gasteiger partial charge is 0.231 e. The fourth-order valence-corrected chi connectivity index (χ4v) is 2.49. The summed E-state index contributed by atoms with van der Waals surface area (Å²) in [6.07, 6.45) is 0. The summed E-state index contributed by atoms with van der Waals surface area (Å²) in [5.41, 5.74) is 2.04. The molecule has 2 heterocycles. The van der Waals surface area contributed by atoms with Crippen LogP contribution in [0, 0.1) is 0 Å². The van der Waals surface area contributed by atoms with Crippen LogP contribution in [-0.4, -0.2) is 18.9 Å². The van der Waals surface area contributed by atoms with Gasteiger partial charge in [-0.15, -0.1) is 0 Å². The fourth-order valence-electron chi connectivity index (χ4n) is 2.49. The lowest BCUT2D eigenvalue weighted by atomic mass is 10.1. The van der Waals surface area contributed by atoms with Crippen LogP contribution in [0.1, 0.15) is 0 Å². The number of rotatable bonds is 1. The second-order valence-electron chi connectivity index (χ2n) is 4.24. The molecule has 1 N–H and O–H groups in total. The first-order chi connectivity index (χ1) is 8.88. The summed E-state index contributed by atoms with van der Waals surface area (Å²) in [5.74, 6) is 2.12. The molecule has 18 heavy (non-hydrogen) atoms. The summed E-state index contributed by atoms with van der Waals surface area (Å²) in [4.78, 5) is 3.37. The number of aromatic nitrogens is 1. The molecule has 4 heteroatoms.